The largest absolute Gasteiger partial charge is 0.344 e. The van der Waals surface area contributed by atoms with E-state index in [1.54, 1.807) is 55.0 Å². The van der Waals surface area contributed by atoms with Crippen molar-refractivity contribution in [2.75, 3.05) is 0 Å². The molecule has 1 amide bonds. The third-order valence-electron chi connectivity index (χ3n) is 5.64. The van der Waals surface area contributed by atoms with Crippen LogP contribution in [0.15, 0.2) is 71.8 Å². The maximum atomic E-state index is 13.7. The standard InChI is InChI=1S/C26H20N6O2/c1-4-19-12-8-13-20-29-23(22(26(34)32(19)20)18-10-6-5-7-11-18)17(3)28-25(33)21-16(2)30-31-15-9-14-27-24(21)31/h1,5-15,17H,2-3H3,(H,28,33). The molecule has 0 bridgehead atoms. The highest BCUT2D eigenvalue weighted by molar-refractivity contribution is 6.01. The molecule has 0 aliphatic heterocycles. The highest BCUT2D eigenvalue weighted by Crippen LogP contribution is 2.25. The molecule has 8 heteroatoms. The maximum Gasteiger partial charge on any atom is 0.267 e. The van der Waals surface area contributed by atoms with Crippen molar-refractivity contribution < 1.29 is 4.79 Å². The number of pyridine rings is 1. The van der Waals surface area contributed by atoms with E-state index in [-0.39, 0.29) is 11.5 Å². The van der Waals surface area contributed by atoms with Crippen LogP contribution in [0.5, 0.6) is 0 Å². The third kappa shape index (κ3) is 3.40. The third-order valence-corrected chi connectivity index (χ3v) is 5.64. The molecule has 1 aromatic carbocycles. The van der Waals surface area contributed by atoms with Crippen molar-refractivity contribution in [1.29, 1.82) is 0 Å². The van der Waals surface area contributed by atoms with Gasteiger partial charge in [-0.15, -0.1) is 6.42 Å². The lowest BCUT2D eigenvalue weighted by molar-refractivity contribution is 0.0940. The summed E-state index contributed by atoms with van der Waals surface area (Å²) >= 11 is 0. The van der Waals surface area contributed by atoms with Gasteiger partial charge in [0.15, 0.2) is 5.65 Å². The molecule has 0 fully saturated rings. The smallest absolute Gasteiger partial charge is 0.267 e. The first-order chi connectivity index (χ1) is 16.5. The van der Waals surface area contributed by atoms with Crippen molar-refractivity contribution in [3.05, 3.63) is 100.0 Å². The van der Waals surface area contributed by atoms with Crippen molar-refractivity contribution >= 4 is 17.2 Å². The van der Waals surface area contributed by atoms with Crippen molar-refractivity contribution in [3.8, 4) is 23.5 Å². The number of carbonyl (C=O) groups excluding carboxylic acids is 1. The first-order valence-corrected chi connectivity index (χ1v) is 10.7. The number of carbonyl (C=O) groups is 1. The molecule has 1 unspecified atom stereocenters. The maximum absolute atomic E-state index is 13.7. The molecule has 1 atom stereocenters. The predicted molar refractivity (Wildman–Crippen MR) is 128 cm³/mol. The average molecular weight is 448 g/mol. The molecular weight excluding hydrogens is 428 g/mol. The van der Waals surface area contributed by atoms with Crippen LogP contribution in [0, 0.1) is 19.3 Å². The van der Waals surface area contributed by atoms with Crippen molar-refractivity contribution in [2.24, 2.45) is 0 Å². The number of rotatable bonds is 4. The van der Waals surface area contributed by atoms with Gasteiger partial charge in [-0.25, -0.2) is 14.5 Å². The normalized spacial score (nSPS) is 11.9. The number of nitrogens with one attached hydrogen (secondary N) is 1. The minimum absolute atomic E-state index is 0.297. The van der Waals surface area contributed by atoms with Crippen molar-refractivity contribution in [2.45, 2.75) is 19.9 Å². The van der Waals surface area contributed by atoms with Crippen molar-refractivity contribution in [3.63, 3.8) is 0 Å². The van der Waals surface area contributed by atoms with Crippen LogP contribution in [0.3, 0.4) is 0 Å². The summed E-state index contributed by atoms with van der Waals surface area (Å²) in [5, 5.41) is 7.34. The van der Waals surface area contributed by atoms with Gasteiger partial charge in [-0.2, -0.15) is 5.10 Å². The monoisotopic (exact) mass is 448 g/mol. The Hall–Kier alpha value is -4.77. The molecule has 0 aliphatic rings. The molecule has 8 nitrogen and oxygen atoms in total. The molecule has 0 radical (unpaired) electrons. The Balaban J connectivity index is 1.65. The van der Waals surface area contributed by atoms with Gasteiger partial charge >= 0.3 is 0 Å². The molecule has 34 heavy (non-hydrogen) atoms. The quantitative estimate of drug-likeness (QED) is 0.426. The lowest BCUT2D eigenvalue weighted by atomic mass is 10.0. The van der Waals surface area contributed by atoms with E-state index in [1.165, 1.54) is 4.40 Å². The lowest BCUT2D eigenvalue weighted by Gasteiger charge is -2.18. The number of aromatic nitrogens is 5. The summed E-state index contributed by atoms with van der Waals surface area (Å²) in [7, 11) is 0. The van der Waals surface area contributed by atoms with Crippen LogP contribution in [0.2, 0.25) is 0 Å². The van der Waals surface area contributed by atoms with Crippen LogP contribution in [0.4, 0.5) is 0 Å². The van der Waals surface area contributed by atoms with E-state index in [4.69, 9.17) is 11.4 Å². The van der Waals surface area contributed by atoms with E-state index in [1.807, 2.05) is 30.3 Å². The Kier molecular flexibility index (Phi) is 5.15. The van der Waals surface area contributed by atoms with E-state index in [9.17, 15) is 9.59 Å². The number of hydrogen-bond donors (Lipinski definition) is 1. The molecule has 4 aromatic heterocycles. The fourth-order valence-corrected chi connectivity index (χ4v) is 4.10. The first-order valence-electron chi connectivity index (χ1n) is 10.7. The summed E-state index contributed by atoms with van der Waals surface area (Å²) in [4.78, 5) is 36.0. The summed E-state index contributed by atoms with van der Waals surface area (Å²) in [5.74, 6) is 2.20. The van der Waals surface area contributed by atoms with Gasteiger partial charge in [0.2, 0.25) is 0 Å². The van der Waals surface area contributed by atoms with E-state index >= 15 is 0 Å². The fraction of sp³-hybridized carbons (Fsp3) is 0.115. The molecular formula is C26H20N6O2. The molecule has 0 aliphatic carbocycles. The van der Waals surface area contributed by atoms with Gasteiger partial charge in [0, 0.05) is 12.4 Å². The van der Waals surface area contributed by atoms with Gasteiger partial charge < -0.3 is 5.32 Å². The van der Waals surface area contributed by atoms with E-state index in [0.29, 0.717) is 45.1 Å². The van der Waals surface area contributed by atoms with Gasteiger partial charge in [0.25, 0.3) is 11.5 Å². The summed E-state index contributed by atoms with van der Waals surface area (Å²) in [6, 6.07) is 15.5. The molecule has 1 N–H and O–H groups in total. The Bertz CT molecular complexity index is 1660. The van der Waals surface area contributed by atoms with Crippen LogP contribution < -0.4 is 10.9 Å². The zero-order valence-corrected chi connectivity index (χ0v) is 18.6. The second kappa shape index (κ2) is 8.30. The number of fused-ring (bicyclic) bond motifs is 2. The summed E-state index contributed by atoms with van der Waals surface area (Å²) in [6.07, 6.45) is 8.99. The topological polar surface area (TPSA) is 93.7 Å². The second-order valence-electron chi connectivity index (χ2n) is 7.84. The number of nitrogens with zero attached hydrogens (tertiary/aromatic N) is 5. The van der Waals surface area contributed by atoms with Gasteiger partial charge in [-0.3, -0.25) is 14.0 Å². The highest BCUT2D eigenvalue weighted by atomic mass is 16.2. The van der Waals surface area contributed by atoms with Crippen LogP contribution in [-0.2, 0) is 0 Å². The SMILES string of the molecule is C#Cc1cccc2nc(C(C)NC(=O)c3c(C)nn4cccnc34)c(-c3ccccc3)c(=O)n12. The van der Waals surface area contributed by atoms with Gasteiger partial charge in [0.1, 0.15) is 16.9 Å². The number of aryl methyl sites for hydroxylation is 1. The van der Waals surface area contributed by atoms with E-state index in [0.717, 1.165) is 0 Å². The van der Waals surface area contributed by atoms with Gasteiger partial charge in [-0.1, -0.05) is 42.3 Å². The minimum Gasteiger partial charge on any atom is -0.344 e. The summed E-state index contributed by atoms with van der Waals surface area (Å²) in [5.41, 5.74) is 3.41. The fourth-order valence-electron chi connectivity index (χ4n) is 4.10. The number of terminal acetylenes is 1. The lowest BCUT2D eigenvalue weighted by Crippen LogP contribution is -2.31. The van der Waals surface area contributed by atoms with Crippen LogP contribution in [0.1, 0.15) is 40.4 Å². The van der Waals surface area contributed by atoms with E-state index < -0.39 is 6.04 Å². The highest BCUT2D eigenvalue weighted by Gasteiger charge is 2.24. The van der Waals surface area contributed by atoms with E-state index in [2.05, 4.69) is 21.3 Å². The van der Waals surface area contributed by atoms with Gasteiger partial charge in [-0.05, 0) is 37.6 Å². The molecule has 166 valence electrons. The summed E-state index contributed by atoms with van der Waals surface area (Å²) in [6.45, 7) is 3.55. The first kappa shape index (κ1) is 21.1. The zero-order valence-electron chi connectivity index (χ0n) is 18.6. The Labute approximate surface area is 194 Å². The Morgan fingerprint density at radius 1 is 1.12 bits per heavy atom. The molecule has 4 heterocycles. The molecule has 5 rings (SSSR count). The second-order valence-corrected chi connectivity index (χ2v) is 7.84. The molecule has 0 saturated carbocycles. The minimum atomic E-state index is -0.590. The molecule has 0 saturated heterocycles. The van der Waals surface area contributed by atoms with Crippen LogP contribution >= 0.6 is 0 Å². The Morgan fingerprint density at radius 2 is 1.91 bits per heavy atom. The van der Waals surface area contributed by atoms with Crippen LogP contribution in [-0.4, -0.2) is 29.9 Å². The molecule has 5 aromatic rings. The zero-order chi connectivity index (χ0) is 23.8. The average Bonchev–Trinajstić information content (AvgIpc) is 3.19. The van der Waals surface area contributed by atoms with Crippen LogP contribution in [0.25, 0.3) is 22.4 Å². The number of benzene rings is 1. The molecule has 0 spiro atoms. The number of amides is 1. The summed E-state index contributed by atoms with van der Waals surface area (Å²) < 4.78 is 2.98. The number of hydrogen-bond acceptors (Lipinski definition) is 5. The van der Waals surface area contributed by atoms with Crippen molar-refractivity contribution in [1.82, 2.24) is 29.3 Å². The predicted octanol–water partition coefficient (Wildman–Crippen LogP) is 3.18. The Morgan fingerprint density at radius 3 is 2.68 bits per heavy atom. The van der Waals surface area contributed by atoms with Gasteiger partial charge in [0.05, 0.1) is 23.0 Å².